The number of rotatable bonds is 7. The lowest BCUT2D eigenvalue weighted by molar-refractivity contribution is -0.137. The molecule has 0 radical (unpaired) electrons. The van der Waals surface area contributed by atoms with Gasteiger partial charge in [-0.2, -0.15) is 13.2 Å². The number of urea groups is 1. The molecule has 2 amide bonds. The molecule has 0 unspecified atom stereocenters. The fourth-order valence-corrected chi connectivity index (χ4v) is 3.17. The Morgan fingerprint density at radius 2 is 1.97 bits per heavy atom. The van der Waals surface area contributed by atoms with E-state index in [1.54, 1.807) is 6.07 Å². The van der Waals surface area contributed by atoms with Crippen LogP contribution in [0.2, 0.25) is 5.02 Å². The van der Waals surface area contributed by atoms with Gasteiger partial charge in [-0.15, -0.1) is 0 Å². The summed E-state index contributed by atoms with van der Waals surface area (Å²) >= 11 is 6.13. The molecule has 0 aromatic heterocycles. The van der Waals surface area contributed by atoms with E-state index in [1.807, 2.05) is 23.1 Å². The van der Waals surface area contributed by atoms with Crippen LogP contribution in [0.15, 0.2) is 53.5 Å². The van der Waals surface area contributed by atoms with Crippen molar-refractivity contribution in [2.45, 2.75) is 6.18 Å². The molecule has 6 nitrogen and oxygen atoms in total. The predicted octanol–water partition coefficient (Wildman–Crippen LogP) is 4.31. The van der Waals surface area contributed by atoms with Crippen molar-refractivity contribution < 1.29 is 18.0 Å². The van der Waals surface area contributed by atoms with Gasteiger partial charge < -0.3 is 20.9 Å². The van der Waals surface area contributed by atoms with Gasteiger partial charge in [0.2, 0.25) is 0 Å². The summed E-state index contributed by atoms with van der Waals surface area (Å²) in [6.07, 6.45) is -4.46. The van der Waals surface area contributed by atoms with Crippen LogP contribution in [0.1, 0.15) is 5.56 Å². The molecule has 160 valence electrons. The second kappa shape index (κ2) is 9.71. The first-order valence-electron chi connectivity index (χ1n) is 9.32. The number of amides is 2. The third-order valence-corrected chi connectivity index (χ3v) is 4.78. The van der Waals surface area contributed by atoms with Crippen LogP contribution in [0.3, 0.4) is 0 Å². The van der Waals surface area contributed by atoms with E-state index in [9.17, 15) is 18.0 Å². The van der Waals surface area contributed by atoms with Crippen LogP contribution in [0.25, 0.3) is 0 Å². The highest BCUT2D eigenvalue weighted by Gasteiger charge is 2.30. The third-order valence-electron chi connectivity index (χ3n) is 4.46. The van der Waals surface area contributed by atoms with Crippen LogP contribution in [-0.4, -0.2) is 49.5 Å². The van der Waals surface area contributed by atoms with Crippen molar-refractivity contribution >= 4 is 34.8 Å². The minimum absolute atomic E-state index is 0.0784. The second-order valence-electron chi connectivity index (χ2n) is 6.58. The number of hydrogen-bond acceptors (Lipinski definition) is 4. The first kappa shape index (κ1) is 21.8. The van der Waals surface area contributed by atoms with Gasteiger partial charge >= 0.3 is 12.2 Å². The van der Waals surface area contributed by atoms with Crippen molar-refractivity contribution in [1.82, 2.24) is 10.2 Å². The monoisotopic (exact) mass is 439 g/mol. The average molecular weight is 440 g/mol. The molecule has 0 spiro atoms. The largest absolute Gasteiger partial charge is 0.416 e. The van der Waals surface area contributed by atoms with Crippen LogP contribution < -0.4 is 16.0 Å². The summed E-state index contributed by atoms with van der Waals surface area (Å²) in [5, 5.41) is 8.93. The van der Waals surface area contributed by atoms with Gasteiger partial charge in [-0.05, 0) is 30.3 Å². The van der Waals surface area contributed by atoms with Crippen molar-refractivity contribution in [2.24, 2.45) is 4.99 Å². The van der Waals surface area contributed by atoms with Gasteiger partial charge in [-0.3, -0.25) is 4.99 Å². The highest BCUT2D eigenvalue weighted by Crippen LogP contribution is 2.30. The molecule has 0 atom stereocenters. The molecular weight excluding hydrogens is 419 g/mol. The first-order valence-corrected chi connectivity index (χ1v) is 9.69. The van der Waals surface area contributed by atoms with Crippen molar-refractivity contribution in [3.8, 4) is 0 Å². The van der Waals surface area contributed by atoms with E-state index in [0.717, 1.165) is 30.2 Å². The normalized spacial score (nSPS) is 13.7. The molecule has 1 aliphatic heterocycles. The number of carbonyl (C=O) groups excluding carboxylic acids is 1. The van der Waals surface area contributed by atoms with Crippen LogP contribution in [0, 0.1) is 0 Å². The molecule has 3 N–H and O–H groups in total. The Kier molecular flexibility index (Phi) is 7.04. The molecule has 10 heteroatoms. The molecule has 0 bridgehead atoms. The Labute approximate surface area is 177 Å². The van der Waals surface area contributed by atoms with Gasteiger partial charge in [0.05, 0.1) is 29.4 Å². The fourth-order valence-electron chi connectivity index (χ4n) is 2.97. The minimum atomic E-state index is -4.46. The number of alkyl halides is 3. The number of anilines is 2. The van der Waals surface area contributed by atoms with Crippen molar-refractivity contribution in [2.75, 3.05) is 43.4 Å². The molecule has 0 fully saturated rings. The van der Waals surface area contributed by atoms with Crippen molar-refractivity contribution in [1.29, 1.82) is 0 Å². The van der Waals surface area contributed by atoms with Gasteiger partial charge in [-0.1, -0.05) is 29.8 Å². The Morgan fingerprint density at radius 1 is 1.17 bits per heavy atom. The fraction of sp³-hybridized carbons (Fsp3) is 0.300. The molecule has 0 aliphatic carbocycles. The van der Waals surface area contributed by atoms with E-state index >= 15 is 0 Å². The van der Waals surface area contributed by atoms with E-state index in [0.29, 0.717) is 31.2 Å². The number of aliphatic imine (C=N–C) groups is 1. The number of hydrogen-bond donors (Lipinski definition) is 3. The van der Waals surface area contributed by atoms with Crippen molar-refractivity contribution in [3.63, 3.8) is 0 Å². The lowest BCUT2D eigenvalue weighted by Gasteiger charge is -2.21. The van der Waals surface area contributed by atoms with Gasteiger partial charge in [0.1, 0.15) is 5.84 Å². The summed E-state index contributed by atoms with van der Waals surface area (Å²) in [5.41, 5.74) is 0.0752. The number of halogens is 4. The summed E-state index contributed by atoms with van der Waals surface area (Å²) in [6.45, 7) is 2.74. The number of nitrogens with one attached hydrogen (secondary N) is 3. The molecular formula is C20H21ClF3N5O. The predicted molar refractivity (Wildman–Crippen MR) is 112 cm³/mol. The average Bonchev–Trinajstić information content (AvgIpc) is 3.14. The van der Waals surface area contributed by atoms with E-state index < -0.39 is 17.8 Å². The summed E-state index contributed by atoms with van der Waals surface area (Å²) in [4.78, 5) is 18.5. The highest BCUT2D eigenvalue weighted by atomic mass is 35.5. The van der Waals surface area contributed by atoms with Gasteiger partial charge in [0.25, 0.3) is 0 Å². The van der Waals surface area contributed by atoms with Crippen molar-refractivity contribution in [3.05, 3.63) is 59.1 Å². The Morgan fingerprint density at radius 3 is 2.73 bits per heavy atom. The molecule has 1 aliphatic rings. The molecule has 0 saturated heterocycles. The quantitative estimate of drug-likeness (QED) is 0.602. The van der Waals surface area contributed by atoms with Crippen LogP contribution >= 0.6 is 11.6 Å². The number of para-hydroxylation sites is 1. The topological polar surface area (TPSA) is 68.8 Å². The lowest BCUT2D eigenvalue weighted by atomic mass is 10.2. The molecule has 2 aromatic rings. The Hall–Kier alpha value is -2.94. The van der Waals surface area contributed by atoms with Crippen LogP contribution in [0.4, 0.5) is 29.3 Å². The van der Waals surface area contributed by atoms with E-state index in [1.165, 1.54) is 12.1 Å². The maximum Gasteiger partial charge on any atom is 0.416 e. The number of benzene rings is 2. The molecule has 30 heavy (non-hydrogen) atoms. The van der Waals surface area contributed by atoms with Crippen LogP contribution in [-0.2, 0) is 6.18 Å². The minimum Gasteiger partial charge on any atom is -0.377 e. The molecule has 0 saturated carbocycles. The SMILES string of the molecule is O=C(NCCN1CCN=C1CNc1ccccc1Cl)Nc1cccc(C(F)(F)F)c1. The number of nitrogens with zero attached hydrogens (tertiary/aromatic N) is 2. The zero-order chi connectivity index (χ0) is 21.6. The molecule has 2 aromatic carbocycles. The highest BCUT2D eigenvalue weighted by molar-refractivity contribution is 6.33. The smallest absolute Gasteiger partial charge is 0.377 e. The maximum atomic E-state index is 12.8. The maximum absolute atomic E-state index is 12.8. The van der Waals surface area contributed by atoms with Gasteiger partial charge in [-0.25, -0.2) is 4.79 Å². The Bertz CT molecular complexity index is 919. The van der Waals surface area contributed by atoms with E-state index in [2.05, 4.69) is 20.9 Å². The summed E-state index contributed by atoms with van der Waals surface area (Å²) in [6, 6.07) is 11.3. The summed E-state index contributed by atoms with van der Waals surface area (Å²) < 4.78 is 38.3. The van der Waals surface area contributed by atoms with Crippen LogP contribution in [0.5, 0.6) is 0 Å². The molecule has 1 heterocycles. The number of amidine groups is 1. The second-order valence-corrected chi connectivity index (χ2v) is 6.99. The zero-order valence-corrected chi connectivity index (χ0v) is 16.7. The molecule has 3 rings (SSSR count). The van der Waals surface area contributed by atoms with E-state index in [-0.39, 0.29) is 5.69 Å². The number of carbonyl (C=O) groups is 1. The summed E-state index contributed by atoms with van der Waals surface area (Å²) in [7, 11) is 0. The standard InChI is InChI=1S/C20H21ClF3N5O/c21-16-6-1-2-7-17(16)27-13-18-25-8-10-29(18)11-9-26-19(30)28-15-5-3-4-14(12-15)20(22,23)24/h1-7,12,27H,8-11,13H2,(H2,26,28,30). The zero-order valence-electron chi connectivity index (χ0n) is 16.0. The third kappa shape index (κ3) is 6.03. The Balaban J connectivity index is 1.44. The first-order chi connectivity index (χ1) is 14.3. The van der Waals surface area contributed by atoms with Gasteiger partial charge in [0, 0.05) is 25.3 Å². The van der Waals surface area contributed by atoms with E-state index in [4.69, 9.17) is 11.6 Å². The van der Waals surface area contributed by atoms with Gasteiger partial charge in [0.15, 0.2) is 0 Å². The lowest BCUT2D eigenvalue weighted by Crippen LogP contribution is -2.40. The summed E-state index contributed by atoms with van der Waals surface area (Å²) in [5.74, 6) is 0.856.